The first-order chi connectivity index (χ1) is 8.39. The van der Waals surface area contributed by atoms with Gasteiger partial charge in [-0.25, -0.2) is 0 Å². The molecule has 0 heterocycles. The third kappa shape index (κ3) is 2.60. The second-order valence-corrected chi connectivity index (χ2v) is 4.94. The molecule has 0 nitrogen and oxygen atoms in total. The maximum Gasteiger partial charge on any atom is 0.416 e. The van der Waals surface area contributed by atoms with Gasteiger partial charge >= 0.3 is 6.18 Å². The minimum atomic E-state index is -4.26. The van der Waals surface area contributed by atoms with E-state index in [2.05, 4.69) is 19.9 Å². The molecule has 0 aliphatic heterocycles. The molecule has 1 atom stereocenters. The van der Waals surface area contributed by atoms with E-state index in [0.29, 0.717) is 5.92 Å². The zero-order chi connectivity index (χ0) is 13.3. The number of halogens is 3. The zero-order valence-corrected chi connectivity index (χ0v) is 10.5. The van der Waals surface area contributed by atoms with Gasteiger partial charge < -0.3 is 0 Å². The Balaban J connectivity index is 2.25. The largest absolute Gasteiger partial charge is 0.416 e. The lowest BCUT2D eigenvalue weighted by molar-refractivity contribution is -0.137. The van der Waals surface area contributed by atoms with Crippen molar-refractivity contribution in [3.05, 3.63) is 47.4 Å². The smallest absolute Gasteiger partial charge is 0.166 e. The first kappa shape index (κ1) is 13.2. The number of benzene rings is 1. The maximum absolute atomic E-state index is 12.5. The van der Waals surface area contributed by atoms with Crippen LogP contribution in [-0.4, -0.2) is 0 Å². The zero-order valence-electron chi connectivity index (χ0n) is 10.5. The van der Waals surface area contributed by atoms with Crippen LogP contribution in [0.15, 0.2) is 30.3 Å². The van der Waals surface area contributed by atoms with Crippen molar-refractivity contribution in [2.75, 3.05) is 0 Å². The number of hydrogen-bond acceptors (Lipinski definition) is 0. The summed E-state index contributed by atoms with van der Waals surface area (Å²) in [5.74, 6) is 1.71. The van der Waals surface area contributed by atoms with E-state index < -0.39 is 11.7 Å². The quantitative estimate of drug-likeness (QED) is 0.686. The summed E-state index contributed by atoms with van der Waals surface area (Å²) < 4.78 is 37.4. The second kappa shape index (κ2) is 4.79. The van der Waals surface area contributed by atoms with E-state index in [0.717, 1.165) is 30.5 Å². The highest BCUT2D eigenvalue weighted by atomic mass is 19.4. The molecule has 1 aromatic rings. The van der Waals surface area contributed by atoms with Gasteiger partial charge in [0.1, 0.15) is 0 Å². The minimum Gasteiger partial charge on any atom is -0.166 e. The molecule has 1 unspecified atom stereocenters. The van der Waals surface area contributed by atoms with Gasteiger partial charge in [-0.2, -0.15) is 13.2 Å². The molecule has 2 rings (SSSR count). The van der Waals surface area contributed by atoms with Gasteiger partial charge in [-0.3, -0.25) is 0 Å². The van der Waals surface area contributed by atoms with Crippen LogP contribution in [0.3, 0.4) is 0 Å². The van der Waals surface area contributed by atoms with Gasteiger partial charge in [0, 0.05) is 0 Å². The highest BCUT2D eigenvalue weighted by molar-refractivity contribution is 5.71. The van der Waals surface area contributed by atoms with Crippen molar-refractivity contribution in [3.8, 4) is 0 Å². The van der Waals surface area contributed by atoms with Gasteiger partial charge in [-0.15, -0.1) is 0 Å². The van der Waals surface area contributed by atoms with Crippen LogP contribution in [0.4, 0.5) is 13.2 Å². The van der Waals surface area contributed by atoms with Crippen molar-refractivity contribution in [1.82, 2.24) is 0 Å². The average molecular weight is 253 g/mol. The molecular formula is C15H16F3. The molecule has 1 aromatic carbocycles. The van der Waals surface area contributed by atoms with Gasteiger partial charge in [0.25, 0.3) is 0 Å². The van der Waals surface area contributed by atoms with Crippen LogP contribution in [-0.2, 0) is 6.18 Å². The summed E-state index contributed by atoms with van der Waals surface area (Å²) in [7, 11) is 0. The molecule has 0 bridgehead atoms. The predicted molar refractivity (Wildman–Crippen MR) is 66.7 cm³/mol. The van der Waals surface area contributed by atoms with Gasteiger partial charge in [0.2, 0.25) is 0 Å². The van der Waals surface area contributed by atoms with Crippen molar-refractivity contribution >= 4 is 5.57 Å². The third-order valence-corrected chi connectivity index (χ3v) is 3.44. The molecule has 3 heteroatoms. The number of hydrogen-bond donors (Lipinski definition) is 0. The van der Waals surface area contributed by atoms with Crippen LogP contribution in [0.2, 0.25) is 0 Å². The fourth-order valence-electron chi connectivity index (χ4n) is 2.47. The van der Waals surface area contributed by atoms with Crippen LogP contribution in [0.5, 0.6) is 0 Å². The van der Waals surface area contributed by atoms with Gasteiger partial charge in [0.15, 0.2) is 0 Å². The molecule has 0 spiro atoms. The van der Waals surface area contributed by atoms with E-state index in [1.165, 1.54) is 11.5 Å². The molecular weight excluding hydrogens is 237 g/mol. The molecule has 1 aliphatic carbocycles. The Kier molecular flexibility index (Phi) is 3.51. The molecule has 0 fully saturated rings. The maximum atomic E-state index is 12.5. The Morgan fingerprint density at radius 1 is 1.11 bits per heavy atom. The second-order valence-electron chi connectivity index (χ2n) is 4.94. The van der Waals surface area contributed by atoms with Crippen molar-refractivity contribution < 1.29 is 13.2 Å². The molecule has 18 heavy (non-hydrogen) atoms. The normalized spacial score (nSPS) is 20.3. The van der Waals surface area contributed by atoms with E-state index in [4.69, 9.17) is 0 Å². The summed E-state index contributed by atoms with van der Waals surface area (Å²) >= 11 is 0. The minimum absolute atomic E-state index is 0.390. The predicted octanol–water partition coefficient (Wildman–Crippen LogP) is 5.11. The Morgan fingerprint density at radius 3 is 2.22 bits per heavy atom. The molecule has 97 valence electrons. The van der Waals surface area contributed by atoms with Crippen LogP contribution in [0, 0.1) is 11.8 Å². The van der Waals surface area contributed by atoms with Crippen LogP contribution >= 0.6 is 0 Å². The molecule has 1 aliphatic rings. The summed E-state index contributed by atoms with van der Waals surface area (Å²) in [5, 5.41) is 0. The summed E-state index contributed by atoms with van der Waals surface area (Å²) in [5.41, 5.74) is 1.49. The first-order valence-corrected chi connectivity index (χ1v) is 6.07. The molecule has 0 amide bonds. The Morgan fingerprint density at radius 2 is 1.72 bits per heavy atom. The molecule has 1 radical (unpaired) electrons. The van der Waals surface area contributed by atoms with Crippen LogP contribution < -0.4 is 0 Å². The van der Waals surface area contributed by atoms with E-state index in [1.54, 1.807) is 12.1 Å². The number of rotatable bonds is 2. The number of allylic oxidation sites excluding steroid dienone is 2. The standard InChI is InChI=1S/C15H16F3/c1-10(2)13-4-3-5-14(13)11-6-8-12(9-7-11)15(16,17)18/h5-9,13H,3-4H2,1-2H3. The summed E-state index contributed by atoms with van der Waals surface area (Å²) in [4.78, 5) is 0. The van der Waals surface area contributed by atoms with Crippen molar-refractivity contribution in [2.24, 2.45) is 5.92 Å². The van der Waals surface area contributed by atoms with E-state index in [9.17, 15) is 13.2 Å². The monoisotopic (exact) mass is 253 g/mol. The Bertz CT molecular complexity index is 438. The van der Waals surface area contributed by atoms with E-state index >= 15 is 0 Å². The van der Waals surface area contributed by atoms with E-state index in [1.807, 2.05) is 0 Å². The summed E-state index contributed by atoms with van der Waals surface area (Å²) in [6.07, 6.45) is -0.0417. The lowest BCUT2D eigenvalue weighted by Gasteiger charge is -2.19. The lowest BCUT2D eigenvalue weighted by atomic mass is 9.86. The summed E-state index contributed by atoms with van der Waals surface area (Å²) in [6.45, 7) is 4.15. The number of alkyl halides is 3. The third-order valence-electron chi connectivity index (χ3n) is 3.44. The highest BCUT2D eigenvalue weighted by Gasteiger charge is 2.30. The fraction of sp³-hybridized carbons (Fsp3) is 0.400. The van der Waals surface area contributed by atoms with Crippen LogP contribution in [0.25, 0.3) is 5.57 Å². The Labute approximate surface area is 106 Å². The molecule has 0 saturated heterocycles. The lowest BCUT2D eigenvalue weighted by Crippen LogP contribution is -2.07. The molecule has 0 aromatic heterocycles. The van der Waals surface area contributed by atoms with E-state index in [-0.39, 0.29) is 0 Å². The Hall–Kier alpha value is -1.25. The SMILES string of the molecule is C[C](C)C1CCC=C1c1ccc(C(F)(F)F)cc1. The first-order valence-electron chi connectivity index (χ1n) is 6.07. The average Bonchev–Trinajstić information content (AvgIpc) is 2.77. The fourth-order valence-corrected chi connectivity index (χ4v) is 2.47. The van der Waals surface area contributed by atoms with Gasteiger partial charge in [-0.05, 0) is 47.9 Å². The highest BCUT2D eigenvalue weighted by Crippen LogP contribution is 2.40. The topological polar surface area (TPSA) is 0 Å². The van der Waals surface area contributed by atoms with Gasteiger partial charge in [-0.1, -0.05) is 32.1 Å². The molecule has 0 N–H and O–H groups in total. The van der Waals surface area contributed by atoms with Crippen molar-refractivity contribution in [3.63, 3.8) is 0 Å². The summed E-state index contributed by atoms with van der Waals surface area (Å²) in [6, 6.07) is 5.49. The van der Waals surface area contributed by atoms with Crippen molar-refractivity contribution in [2.45, 2.75) is 32.9 Å². The van der Waals surface area contributed by atoms with Crippen molar-refractivity contribution in [1.29, 1.82) is 0 Å². The van der Waals surface area contributed by atoms with Gasteiger partial charge in [0.05, 0.1) is 5.56 Å². The molecule has 0 saturated carbocycles. The van der Waals surface area contributed by atoms with Crippen LogP contribution in [0.1, 0.15) is 37.8 Å².